The van der Waals surface area contributed by atoms with E-state index in [1.807, 2.05) is 0 Å². The third kappa shape index (κ3) is 1.82. The number of aromatic nitrogens is 1. The van der Waals surface area contributed by atoms with Gasteiger partial charge in [-0.3, -0.25) is 4.79 Å². The molecule has 0 bridgehead atoms. The van der Waals surface area contributed by atoms with Gasteiger partial charge in [0.2, 0.25) is 0 Å². The van der Waals surface area contributed by atoms with Crippen molar-refractivity contribution >= 4 is 11.8 Å². The highest BCUT2D eigenvalue weighted by atomic mass is 16.5. The van der Waals surface area contributed by atoms with Gasteiger partial charge < -0.3 is 14.8 Å². The fourth-order valence-electron chi connectivity index (χ4n) is 1.25. The Hall–Kier alpha value is -1.62. The van der Waals surface area contributed by atoms with E-state index in [2.05, 4.69) is 4.98 Å². The number of carbonyl (C=O) groups is 2. The van der Waals surface area contributed by atoms with Crippen molar-refractivity contribution in [3.63, 3.8) is 0 Å². The molecule has 0 aliphatic heterocycles. The van der Waals surface area contributed by atoms with E-state index in [-0.39, 0.29) is 18.0 Å². The lowest BCUT2D eigenvalue weighted by atomic mass is 10.1. The number of hydrogen-bond donors (Lipinski definition) is 2. The number of carbonyl (C=O) groups excluding carboxylic acids is 1. The van der Waals surface area contributed by atoms with Gasteiger partial charge in [-0.25, -0.2) is 4.79 Å². The van der Waals surface area contributed by atoms with Gasteiger partial charge in [0.25, 0.3) is 0 Å². The number of methoxy groups -OCH3 is 1. The number of carboxylic acid groups (broad SMARTS) is 1. The van der Waals surface area contributed by atoms with Gasteiger partial charge in [-0.2, -0.15) is 0 Å². The largest absolute Gasteiger partial charge is 0.478 e. The quantitative estimate of drug-likeness (QED) is 0.707. The summed E-state index contributed by atoms with van der Waals surface area (Å²) in [5.41, 5.74) is 0.772. The maximum absolute atomic E-state index is 11.1. The van der Waals surface area contributed by atoms with Gasteiger partial charge in [-0.1, -0.05) is 0 Å². The third-order valence-corrected chi connectivity index (χ3v) is 1.86. The Balaban J connectivity index is 3.19. The first kappa shape index (κ1) is 10.5. The number of aromatic amines is 1. The van der Waals surface area contributed by atoms with Crippen LogP contribution in [-0.2, 0) is 11.3 Å². The molecule has 0 aromatic carbocycles. The van der Waals surface area contributed by atoms with Crippen molar-refractivity contribution in [2.24, 2.45) is 0 Å². The molecule has 0 saturated carbocycles. The Labute approximate surface area is 80.7 Å². The minimum atomic E-state index is -1.07. The van der Waals surface area contributed by atoms with E-state index in [0.29, 0.717) is 11.3 Å². The maximum atomic E-state index is 11.1. The molecule has 1 heterocycles. The lowest BCUT2D eigenvalue weighted by molar-refractivity contribution is 0.0692. The van der Waals surface area contributed by atoms with Crippen molar-refractivity contribution in [1.29, 1.82) is 0 Å². The van der Waals surface area contributed by atoms with Gasteiger partial charge in [0, 0.05) is 25.8 Å². The summed E-state index contributed by atoms with van der Waals surface area (Å²) in [5.74, 6) is -1.27. The van der Waals surface area contributed by atoms with E-state index < -0.39 is 5.97 Å². The van der Waals surface area contributed by atoms with Gasteiger partial charge in [0.15, 0.2) is 5.78 Å². The number of carboxylic acids is 1. The molecular weight excluding hydrogens is 186 g/mol. The fourth-order valence-corrected chi connectivity index (χ4v) is 1.25. The normalized spacial score (nSPS) is 10.1. The molecule has 0 aliphatic rings. The third-order valence-electron chi connectivity index (χ3n) is 1.86. The fraction of sp³-hybridized carbons (Fsp3) is 0.333. The van der Waals surface area contributed by atoms with Gasteiger partial charge in [-0.15, -0.1) is 0 Å². The lowest BCUT2D eigenvalue weighted by Crippen LogP contribution is -2.04. The molecule has 14 heavy (non-hydrogen) atoms. The predicted molar refractivity (Wildman–Crippen MR) is 48.5 cm³/mol. The van der Waals surface area contributed by atoms with Crippen molar-refractivity contribution in [2.45, 2.75) is 13.5 Å². The summed E-state index contributed by atoms with van der Waals surface area (Å²) in [6.45, 7) is 1.48. The summed E-state index contributed by atoms with van der Waals surface area (Å²) in [7, 11) is 1.45. The summed E-state index contributed by atoms with van der Waals surface area (Å²) < 4.78 is 4.83. The van der Waals surface area contributed by atoms with Crippen LogP contribution >= 0.6 is 0 Å². The van der Waals surface area contributed by atoms with Crippen LogP contribution in [0.25, 0.3) is 0 Å². The van der Waals surface area contributed by atoms with Crippen molar-refractivity contribution in [3.8, 4) is 0 Å². The van der Waals surface area contributed by atoms with Gasteiger partial charge in [-0.05, 0) is 0 Å². The molecule has 1 aromatic rings. The van der Waals surface area contributed by atoms with Crippen LogP contribution in [0.2, 0.25) is 0 Å². The zero-order chi connectivity index (χ0) is 10.7. The predicted octanol–water partition coefficient (Wildman–Crippen LogP) is 1.06. The molecule has 0 spiro atoms. The van der Waals surface area contributed by atoms with Crippen molar-refractivity contribution in [3.05, 3.63) is 23.0 Å². The van der Waals surface area contributed by atoms with E-state index in [9.17, 15) is 9.59 Å². The zero-order valence-corrected chi connectivity index (χ0v) is 7.96. The Bertz CT molecular complexity index is 335. The first-order chi connectivity index (χ1) is 6.57. The number of rotatable bonds is 4. The summed E-state index contributed by atoms with van der Waals surface area (Å²) >= 11 is 0. The molecule has 1 rings (SSSR count). The summed E-state index contributed by atoms with van der Waals surface area (Å²) in [6, 6.07) is 0. The van der Waals surface area contributed by atoms with Crippen LogP contribution in [-0.4, -0.2) is 29.0 Å². The van der Waals surface area contributed by atoms with Crippen LogP contribution in [0.3, 0.4) is 0 Å². The molecule has 0 aliphatic carbocycles. The molecule has 0 amide bonds. The maximum Gasteiger partial charge on any atom is 0.337 e. The minimum Gasteiger partial charge on any atom is -0.478 e. The number of ether oxygens (including phenoxy) is 1. The van der Waals surface area contributed by atoms with Crippen molar-refractivity contribution in [2.75, 3.05) is 7.11 Å². The first-order valence-electron chi connectivity index (χ1n) is 4.01. The first-order valence-corrected chi connectivity index (χ1v) is 4.01. The molecule has 0 saturated heterocycles. The molecule has 0 radical (unpaired) electrons. The Morgan fingerprint density at radius 2 is 2.21 bits per heavy atom. The highest BCUT2D eigenvalue weighted by Gasteiger charge is 2.18. The van der Waals surface area contributed by atoms with Crippen LogP contribution in [0.5, 0.6) is 0 Å². The van der Waals surface area contributed by atoms with Crippen LogP contribution < -0.4 is 0 Å². The average molecular weight is 197 g/mol. The van der Waals surface area contributed by atoms with Crippen LogP contribution in [0.4, 0.5) is 0 Å². The monoisotopic (exact) mass is 197 g/mol. The van der Waals surface area contributed by atoms with Gasteiger partial charge >= 0.3 is 5.97 Å². The molecular formula is C9H11NO4. The molecule has 0 fully saturated rings. The standard InChI is InChI=1S/C9H11NO4/c1-5(11)8-7(4-14-2)6(3-10-8)9(12)13/h3,10H,4H2,1-2H3,(H,12,13). The van der Waals surface area contributed by atoms with E-state index in [4.69, 9.17) is 9.84 Å². The van der Waals surface area contributed by atoms with Gasteiger partial charge in [0.05, 0.1) is 17.9 Å². The highest BCUT2D eigenvalue weighted by Crippen LogP contribution is 2.15. The average Bonchev–Trinajstić information content (AvgIpc) is 2.48. The van der Waals surface area contributed by atoms with Gasteiger partial charge in [0.1, 0.15) is 0 Å². The molecule has 5 nitrogen and oxygen atoms in total. The minimum absolute atomic E-state index is 0.0806. The molecule has 0 unspecified atom stereocenters. The molecule has 2 N–H and O–H groups in total. The van der Waals surface area contributed by atoms with Crippen LogP contribution in [0.15, 0.2) is 6.20 Å². The second-order valence-corrected chi connectivity index (χ2v) is 2.85. The van der Waals surface area contributed by atoms with E-state index in [1.54, 1.807) is 0 Å². The SMILES string of the molecule is COCc1c(C(=O)O)c[nH]c1C(C)=O. The highest BCUT2D eigenvalue weighted by molar-refractivity contribution is 5.98. The second kappa shape index (κ2) is 4.06. The van der Waals surface area contributed by atoms with Crippen LogP contribution in [0.1, 0.15) is 33.3 Å². The Morgan fingerprint density at radius 1 is 1.57 bits per heavy atom. The summed E-state index contributed by atoms with van der Waals surface area (Å²) in [6.07, 6.45) is 1.30. The molecule has 5 heteroatoms. The molecule has 76 valence electrons. The lowest BCUT2D eigenvalue weighted by Gasteiger charge is -2.00. The van der Waals surface area contributed by atoms with Crippen molar-refractivity contribution < 1.29 is 19.4 Å². The van der Waals surface area contributed by atoms with E-state index in [0.717, 1.165) is 0 Å². The summed E-state index contributed by atoms with van der Waals surface area (Å²) in [4.78, 5) is 24.5. The number of H-pyrrole nitrogens is 1. The Kier molecular flexibility index (Phi) is 3.03. The topological polar surface area (TPSA) is 79.4 Å². The van der Waals surface area contributed by atoms with E-state index in [1.165, 1.54) is 20.2 Å². The second-order valence-electron chi connectivity index (χ2n) is 2.85. The smallest absolute Gasteiger partial charge is 0.337 e. The number of ketones is 1. The number of nitrogens with one attached hydrogen (secondary N) is 1. The molecule has 0 atom stereocenters. The number of aromatic carboxylic acids is 1. The van der Waals surface area contributed by atoms with Crippen molar-refractivity contribution in [1.82, 2.24) is 4.98 Å². The number of Topliss-reactive ketones (excluding diaryl/α,β-unsaturated/α-hetero) is 1. The Morgan fingerprint density at radius 3 is 2.64 bits per heavy atom. The van der Waals surface area contributed by atoms with E-state index >= 15 is 0 Å². The zero-order valence-electron chi connectivity index (χ0n) is 7.96. The summed E-state index contributed by atoms with van der Waals surface area (Å²) in [5, 5.41) is 8.80. The van der Waals surface area contributed by atoms with Crippen LogP contribution in [0, 0.1) is 0 Å². The number of hydrogen-bond acceptors (Lipinski definition) is 3. The molecule has 1 aromatic heterocycles.